The topological polar surface area (TPSA) is 46.9 Å². The zero-order chi connectivity index (χ0) is 24.9. The molecule has 0 unspecified atom stereocenters. The number of aryl methyl sites for hydroxylation is 1. The second kappa shape index (κ2) is 7.77. The third-order valence-electron chi connectivity index (χ3n) is 10.3. The summed E-state index contributed by atoms with van der Waals surface area (Å²) in [5.41, 5.74) is 6.03. The smallest absolute Gasteiger partial charge is 0.166 e. The largest absolute Gasteiger partial charge is 0.504 e. The zero-order valence-corrected chi connectivity index (χ0v) is 22.1. The van der Waals surface area contributed by atoms with E-state index in [-0.39, 0.29) is 22.9 Å². The summed E-state index contributed by atoms with van der Waals surface area (Å²) in [5.74, 6) is 1.85. The van der Waals surface area contributed by atoms with E-state index in [0.717, 1.165) is 63.5 Å². The predicted octanol–water partition coefficient (Wildman–Crippen LogP) is 5.89. The maximum atomic E-state index is 11.1. The Labute approximate surface area is 219 Å². The summed E-state index contributed by atoms with van der Waals surface area (Å²) < 4.78 is 16.8. The van der Waals surface area contributed by atoms with Crippen LogP contribution >= 0.6 is 0 Å². The molecule has 3 aliphatic carbocycles. The van der Waals surface area contributed by atoms with Gasteiger partial charge < -0.3 is 19.1 Å². The van der Waals surface area contributed by atoms with Crippen molar-refractivity contribution in [3.05, 3.63) is 58.8 Å². The Morgan fingerprint density at radius 1 is 1.11 bits per heavy atom. The maximum absolute atomic E-state index is 11.1. The Bertz CT molecular complexity index is 1410. The fraction of sp³-hybridized carbons (Fsp3) is 0.562. The number of hydrogen-bond acceptors (Lipinski definition) is 4. The van der Waals surface area contributed by atoms with Crippen LogP contribution in [0.2, 0.25) is 0 Å². The number of likely N-dealkylation sites (tertiary alicyclic amines) is 1. The van der Waals surface area contributed by atoms with E-state index in [1.807, 2.05) is 6.07 Å². The van der Waals surface area contributed by atoms with Crippen molar-refractivity contribution in [3.63, 3.8) is 0 Å². The lowest BCUT2D eigenvalue weighted by Gasteiger charge is -2.64. The molecule has 2 aromatic carbocycles. The third kappa shape index (κ3) is 2.72. The average Bonchev–Trinajstić information content (AvgIpc) is 3.59. The molecule has 1 aromatic heterocycles. The number of aromatic nitrogens is 1. The number of ether oxygens (including phenoxy) is 2. The van der Waals surface area contributed by atoms with Gasteiger partial charge in [0.25, 0.3) is 0 Å². The molecule has 5 nitrogen and oxygen atoms in total. The second-order valence-electron chi connectivity index (χ2n) is 12.3. The van der Waals surface area contributed by atoms with Gasteiger partial charge in [0.15, 0.2) is 17.6 Å². The molecule has 1 N–H and O–H groups in total. The molecular formula is C32H38N2O3. The van der Waals surface area contributed by atoms with Gasteiger partial charge in [-0.2, -0.15) is 0 Å². The summed E-state index contributed by atoms with van der Waals surface area (Å²) in [6.07, 6.45) is 7.57. The number of para-hydroxylation sites is 1. The van der Waals surface area contributed by atoms with E-state index in [0.29, 0.717) is 6.04 Å². The molecule has 5 heteroatoms. The van der Waals surface area contributed by atoms with Crippen molar-refractivity contribution in [2.24, 2.45) is 5.92 Å². The van der Waals surface area contributed by atoms with Gasteiger partial charge in [0, 0.05) is 48.6 Å². The SMILES string of the molecule is CCCO[C@@]12Cc3c(n(CCC)c4ccccc34)[C@@H]3Oc4c(O)ccc5c4[C@@]31CCN(CC1CC1)[C@H]2C5. The monoisotopic (exact) mass is 498 g/mol. The Hall–Kier alpha value is -2.50. The number of phenolic OH excluding ortho intramolecular Hbond substituents is 1. The van der Waals surface area contributed by atoms with E-state index < -0.39 is 0 Å². The molecule has 194 valence electrons. The number of aromatic hydroxyl groups is 1. The Kier molecular flexibility index (Phi) is 4.72. The summed E-state index contributed by atoms with van der Waals surface area (Å²) in [7, 11) is 0. The molecule has 3 heterocycles. The average molecular weight is 499 g/mol. The minimum absolute atomic E-state index is 0.139. The van der Waals surface area contributed by atoms with Gasteiger partial charge in [0.05, 0.1) is 11.1 Å². The first-order chi connectivity index (χ1) is 18.1. The normalized spacial score (nSPS) is 31.3. The van der Waals surface area contributed by atoms with Crippen LogP contribution in [-0.2, 0) is 29.5 Å². The van der Waals surface area contributed by atoms with Gasteiger partial charge in [0.2, 0.25) is 0 Å². The minimum Gasteiger partial charge on any atom is -0.504 e. The van der Waals surface area contributed by atoms with Gasteiger partial charge in [-0.25, -0.2) is 0 Å². The van der Waals surface area contributed by atoms with E-state index in [2.05, 4.69) is 53.6 Å². The second-order valence-corrected chi connectivity index (χ2v) is 12.3. The van der Waals surface area contributed by atoms with Gasteiger partial charge in [-0.15, -0.1) is 0 Å². The van der Waals surface area contributed by atoms with Gasteiger partial charge in [-0.3, -0.25) is 4.90 Å². The standard InChI is InChI=1S/C32H38N2O3/c1-3-14-34-24-8-6-5-7-22(24)23-18-32(36-16-4-2)26-17-21-11-12-25(35)29-27(21)31(32,30(37-29)28(23)34)13-15-33(26)19-20-9-10-20/h5-8,11-12,20,26,30,35H,3-4,9-10,13-19H2,1-2H3/t26-,30-,31-,32+/m0/s1. The molecule has 0 radical (unpaired) electrons. The summed E-state index contributed by atoms with van der Waals surface area (Å²) in [5, 5.41) is 12.5. The number of hydrogen-bond donors (Lipinski definition) is 1. The van der Waals surface area contributed by atoms with E-state index in [1.165, 1.54) is 52.7 Å². The number of piperidine rings is 1. The highest BCUT2D eigenvalue weighted by molar-refractivity contribution is 5.87. The molecule has 8 rings (SSSR count). The first kappa shape index (κ1) is 22.5. The molecule has 1 spiro atoms. The van der Waals surface area contributed by atoms with E-state index in [1.54, 1.807) is 0 Å². The van der Waals surface area contributed by atoms with Crippen LogP contribution < -0.4 is 4.74 Å². The van der Waals surface area contributed by atoms with Crippen LogP contribution in [0, 0.1) is 5.92 Å². The van der Waals surface area contributed by atoms with Gasteiger partial charge in [-0.1, -0.05) is 38.1 Å². The molecule has 2 fully saturated rings. The van der Waals surface area contributed by atoms with E-state index >= 15 is 0 Å². The quantitative estimate of drug-likeness (QED) is 0.441. The fourth-order valence-electron chi connectivity index (χ4n) is 8.80. The van der Waals surface area contributed by atoms with Crippen LogP contribution in [0.1, 0.15) is 74.4 Å². The van der Waals surface area contributed by atoms with Gasteiger partial charge >= 0.3 is 0 Å². The predicted molar refractivity (Wildman–Crippen MR) is 144 cm³/mol. The molecule has 5 aliphatic rings. The van der Waals surface area contributed by atoms with Gasteiger partial charge in [0.1, 0.15) is 5.60 Å². The molecule has 0 amide bonds. The number of phenols is 1. The van der Waals surface area contributed by atoms with Crippen LogP contribution in [0.3, 0.4) is 0 Å². The molecule has 2 bridgehead atoms. The molecule has 4 atom stereocenters. The minimum atomic E-state index is -0.360. The van der Waals surface area contributed by atoms with Gasteiger partial charge in [-0.05, 0) is 74.2 Å². The lowest BCUT2D eigenvalue weighted by atomic mass is 9.48. The van der Waals surface area contributed by atoms with Crippen molar-refractivity contribution >= 4 is 10.9 Å². The molecule has 1 saturated carbocycles. The number of rotatable bonds is 7. The van der Waals surface area contributed by atoms with Crippen molar-refractivity contribution in [2.45, 2.75) is 88.5 Å². The first-order valence-electron chi connectivity index (χ1n) is 14.6. The number of nitrogens with zero attached hydrogens (tertiary/aromatic N) is 2. The molecule has 1 saturated heterocycles. The highest BCUT2D eigenvalue weighted by Gasteiger charge is 2.74. The van der Waals surface area contributed by atoms with Crippen molar-refractivity contribution < 1.29 is 14.6 Å². The Balaban J connectivity index is 1.44. The molecular weight excluding hydrogens is 460 g/mol. The lowest BCUT2D eigenvalue weighted by Crippen LogP contribution is -2.75. The molecule has 3 aromatic rings. The molecule has 2 aliphatic heterocycles. The number of fused-ring (bicyclic) bond motifs is 4. The Morgan fingerprint density at radius 3 is 2.78 bits per heavy atom. The lowest BCUT2D eigenvalue weighted by molar-refractivity contribution is -0.205. The summed E-state index contributed by atoms with van der Waals surface area (Å²) in [4.78, 5) is 2.79. The summed E-state index contributed by atoms with van der Waals surface area (Å²) in [6.45, 7) is 8.49. The highest BCUT2D eigenvalue weighted by Crippen LogP contribution is 2.70. The Morgan fingerprint density at radius 2 is 1.97 bits per heavy atom. The van der Waals surface area contributed by atoms with Crippen LogP contribution in [0.4, 0.5) is 0 Å². The van der Waals surface area contributed by atoms with Crippen molar-refractivity contribution in [3.8, 4) is 11.5 Å². The summed E-state index contributed by atoms with van der Waals surface area (Å²) in [6, 6.07) is 13.3. The van der Waals surface area contributed by atoms with Crippen LogP contribution in [0.15, 0.2) is 36.4 Å². The highest BCUT2D eigenvalue weighted by atomic mass is 16.5. The first-order valence-corrected chi connectivity index (χ1v) is 14.6. The van der Waals surface area contributed by atoms with Crippen LogP contribution in [0.5, 0.6) is 11.5 Å². The molecule has 37 heavy (non-hydrogen) atoms. The van der Waals surface area contributed by atoms with E-state index in [9.17, 15) is 5.11 Å². The summed E-state index contributed by atoms with van der Waals surface area (Å²) >= 11 is 0. The third-order valence-corrected chi connectivity index (χ3v) is 10.3. The zero-order valence-electron chi connectivity index (χ0n) is 22.1. The fourth-order valence-corrected chi connectivity index (χ4v) is 8.80. The van der Waals surface area contributed by atoms with Crippen LogP contribution in [-0.4, -0.2) is 45.9 Å². The van der Waals surface area contributed by atoms with Crippen molar-refractivity contribution in [1.29, 1.82) is 0 Å². The van der Waals surface area contributed by atoms with Crippen molar-refractivity contribution in [2.75, 3.05) is 19.7 Å². The van der Waals surface area contributed by atoms with Crippen LogP contribution in [0.25, 0.3) is 10.9 Å². The van der Waals surface area contributed by atoms with E-state index in [4.69, 9.17) is 9.47 Å². The van der Waals surface area contributed by atoms with Crippen molar-refractivity contribution in [1.82, 2.24) is 9.47 Å². The maximum Gasteiger partial charge on any atom is 0.166 e. The number of benzene rings is 2.